The van der Waals surface area contributed by atoms with Gasteiger partial charge in [0.2, 0.25) is 7.29 Å². The minimum Gasteiger partial charge on any atom is -0.481 e. The quantitative estimate of drug-likeness (QED) is 0.361. The van der Waals surface area contributed by atoms with Gasteiger partial charge in [-0.2, -0.15) is 0 Å². The van der Waals surface area contributed by atoms with Gasteiger partial charge in [0, 0.05) is 21.9 Å². The van der Waals surface area contributed by atoms with E-state index in [4.69, 9.17) is 10.6 Å². The second-order valence-corrected chi connectivity index (χ2v) is 7.29. The Morgan fingerprint density at radius 1 is 1.08 bits per heavy atom. The van der Waals surface area contributed by atoms with Gasteiger partial charge in [0.05, 0.1) is 0 Å². The van der Waals surface area contributed by atoms with Crippen LogP contribution < -0.4 is 10.6 Å². The summed E-state index contributed by atoms with van der Waals surface area (Å²) in [6.45, 7) is 1.98. The van der Waals surface area contributed by atoms with E-state index in [0.717, 1.165) is 12.8 Å². The lowest BCUT2D eigenvalue weighted by atomic mass is 10.3. The van der Waals surface area contributed by atoms with Crippen molar-refractivity contribution in [3.05, 3.63) is 71.1 Å². The molecule has 1 N–H and O–H groups in total. The molecule has 2 aromatic carbocycles. The molecular weight excluding hydrogens is 325 g/mol. The maximum absolute atomic E-state index is 12.8. The lowest BCUT2D eigenvalue weighted by Gasteiger charge is -2.12. The molecule has 0 amide bonds. The molecule has 0 atom stereocenters. The lowest BCUT2D eigenvalue weighted by molar-refractivity contribution is -0.137. The Bertz CT molecular complexity index is 686. The first-order valence-electron chi connectivity index (χ1n) is 7.54. The fraction of sp³-hybridized carbons (Fsp3) is 0.235. The van der Waals surface area contributed by atoms with Gasteiger partial charge in [-0.3, -0.25) is 4.79 Å². The fourth-order valence-electron chi connectivity index (χ4n) is 1.90. The van der Waals surface area contributed by atoms with E-state index in [1.165, 1.54) is 0 Å². The van der Waals surface area contributed by atoms with E-state index in [1.54, 1.807) is 48.5 Å². The van der Waals surface area contributed by atoms with E-state index in [-0.39, 0.29) is 0 Å². The molecule has 0 aliphatic heterocycles. The molecule has 6 nitrogen and oxygen atoms in total. The molecule has 2 aromatic rings. The molecule has 0 saturated carbocycles. The standard InChI is InChI=1S/C12H10N3OP.C5H10O2/c13-14-15-17(16,11-7-3-1-4-8-11)12-9-5-2-6-10-12;1-2-3-4-5(6)7/h1-10H;2-4H2,1H3,(H,6,7). The van der Waals surface area contributed by atoms with E-state index in [0.29, 0.717) is 17.0 Å². The average Bonchev–Trinajstić information content (AvgIpc) is 2.62. The van der Waals surface area contributed by atoms with Gasteiger partial charge in [-0.05, 0) is 16.8 Å². The maximum atomic E-state index is 12.8. The molecule has 0 fully saturated rings. The molecule has 0 aliphatic carbocycles. The highest BCUT2D eigenvalue weighted by Gasteiger charge is 2.25. The topological polar surface area (TPSA) is 103 Å². The minimum absolute atomic E-state index is 0.316. The highest BCUT2D eigenvalue weighted by atomic mass is 31.2. The summed E-state index contributed by atoms with van der Waals surface area (Å²) in [4.78, 5) is 16.0. The van der Waals surface area contributed by atoms with Crippen LogP contribution in [0.4, 0.5) is 0 Å². The number of carbonyl (C=O) groups is 1. The lowest BCUT2D eigenvalue weighted by Crippen LogP contribution is -2.13. The average molecular weight is 345 g/mol. The van der Waals surface area contributed by atoms with Crippen LogP contribution >= 0.6 is 7.29 Å². The normalized spacial score (nSPS) is 10.0. The van der Waals surface area contributed by atoms with Crippen LogP contribution in [0.25, 0.3) is 10.4 Å². The first kappa shape index (κ1) is 19.5. The second kappa shape index (κ2) is 10.3. The Balaban J connectivity index is 0.000000351. The smallest absolute Gasteiger partial charge is 0.303 e. The van der Waals surface area contributed by atoms with Crippen molar-refractivity contribution >= 4 is 23.9 Å². The van der Waals surface area contributed by atoms with E-state index in [1.807, 2.05) is 19.1 Å². The predicted octanol–water partition coefficient (Wildman–Crippen LogP) is 4.49. The van der Waals surface area contributed by atoms with Gasteiger partial charge in [-0.1, -0.05) is 74.0 Å². The summed E-state index contributed by atoms with van der Waals surface area (Å²) >= 11 is 0. The zero-order chi connectivity index (χ0) is 17.8. The minimum atomic E-state index is -3.22. The van der Waals surface area contributed by atoms with Crippen molar-refractivity contribution in [1.29, 1.82) is 0 Å². The maximum Gasteiger partial charge on any atom is 0.303 e. The van der Waals surface area contributed by atoms with Crippen LogP contribution in [0.1, 0.15) is 26.2 Å². The Morgan fingerprint density at radius 2 is 1.54 bits per heavy atom. The molecule has 7 heteroatoms. The van der Waals surface area contributed by atoms with Crippen molar-refractivity contribution in [3.8, 4) is 0 Å². The Labute approximate surface area is 141 Å². The van der Waals surface area contributed by atoms with Crippen LogP contribution in [-0.4, -0.2) is 11.1 Å². The van der Waals surface area contributed by atoms with Crippen molar-refractivity contribution < 1.29 is 14.5 Å². The van der Waals surface area contributed by atoms with Gasteiger partial charge in [0.15, 0.2) is 0 Å². The molecule has 0 saturated heterocycles. The van der Waals surface area contributed by atoms with Gasteiger partial charge in [0.1, 0.15) is 0 Å². The van der Waals surface area contributed by atoms with Gasteiger partial charge in [-0.25, -0.2) is 0 Å². The third-order valence-corrected chi connectivity index (χ3v) is 5.45. The van der Waals surface area contributed by atoms with Crippen LogP contribution in [0.5, 0.6) is 0 Å². The molecule has 0 aromatic heterocycles. The summed E-state index contributed by atoms with van der Waals surface area (Å²) in [6, 6.07) is 17.6. The first-order valence-corrected chi connectivity index (χ1v) is 9.20. The Kier molecular flexibility index (Phi) is 8.34. The van der Waals surface area contributed by atoms with Crippen LogP contribution in [0.3, 0.4) is 0 Å². The monoisotopic (exact) mass is 345 g/mol. The number of carboxylic acids is 1. The number of azide groups is 1. The van der Waals surface area contributed by atoms with Crippen molar-refractivity contribution in [1.82, 2.24) is 0 Å². The third kappa shape index (κ3) is 5.92. The van der Waals surface area contributed by atoms with Crippen molar-refractivity contribution in [2.45, 2.75) is 26.2 Å². The highest BCUT2D eigenvalue weighted by Crippen LogP contribution is 2.44. The van der Waals surface area contributed by atoms with Crippen molar-refractivity contribution in [3.63, 3.8) is 0 Å². The number of hydrogen-bond donors (Lipinski definition) is 1. The third-order valence-electron chi connectivity index (χ3n) is 3.12. The Morgan fingerprint density at radius 3 is 1.83 bits per heavy atom. The molecule has 0 aliphatic rings. The molecule has 0 radical (unpaired) electrons. The van der Waals surface area contributed by atoms with E-state index < -0.39 is 13.3 Å². The first-order chi connectivity index (χ1) is 11.5. The zero-order valence-electron chi connectivity index (χ0n) is 13.4. The van der Waals surface area contributed by atoms with E-state index >= 15 is 0 Å². The molecule has 0 spiro atoms. The van der Waals surface area contributed by atoms with Gasteiger partial charge < -0.3 is 9.67 Å². The summed E-state index contributed by atoms with van der Waals surface area (Å²) in [5, 5.41) is 9.14. The molecule has 24 heavy (non-hydrogen) atoms. The van der Waals surface area contributed by atoms with Crippen molar-refractivity contribution in [2.24, 2.45) is 4.88 Å². The number of benzene rings is 2. The SMILES string of the molecule is CCCCC(=O)O.[N-]=[N+]=NP(=O)(c1ccccc1)c1ccccc1. The number of hydrogen-bond acceptors (Lipinski definition) is 2. The molecular formula is C17H20N3O3P. The van der Waals surface area contributed by atoms with Gasteiger partial charge in [0.25, 0.3) is 0 Å². The number of aliphatic carboxylic acids is 1. The summed E-state index contributed by atoms with van der Waals surface area (Å²) in [5.74, 6) is -0.693. The number of nitrogens with zero attached hydrogens (tertiary/aromatic N) is 3. The van der Waals surface area contributed by atoms with Crippen molar-refractivity contribution in [2.75, 3.05) is 0 Å². The fourth-order valence-corrected chi connectivity index (χ4v) is 3.67. The van der Waals surface area contributed by atoms with Crippen LogP contribution in [0.15, 0.2) is 65.5 Å². The van der Waals surface area contributed by atoms with Crippen LogP contribution in [0.2, 0.25) is 0 Å². The number of rotatable bonds is 6. The molecule has 126 valence electrons. The van der Waals surface area contributed by atoms with E-state index in [2.05, 4.69) is 9.80 Å². The highest BCUT2D eigenvalue weighted by molar-refractivity contribution is 7.77. The second-order valence-electron chi connectivity index (χ2n) is 4.92. The van der Waals surface area contributed by atoms with Crippen LogP contribution in [-0.2, 0) is 9.36 Å². The molecule has 2 rings (SSSR count). The Hall–Kier alpha value is -2.55. The summed E-state index contributed by atoms with van der Waals surface area (Å²) < 4.78 is 12.8. The van der Waals surface area contributed by atoms with Gasteiger partial charge >= 0.3 is 5.97 Å². The zero-order valence-corrected chi connectivity index (χ0v) is 14.3. The summed E-state index contributed by atoms with van der Waals surface area (Å²) in [6.07, 6.45) is 2.08. The largest absolute Gasteiger partial charge is 0.481 e. The van der Waals surface area contributed by atoms with E-state index in [9.17, 15) is 9.36 Å². The molecule has 0 heterocycles. The molecule has 0 unspecified atom stereocenters. The van der Waals surface area contributed by atoms with Gasteiger partial charge in [-0.15, -0.1) is 0 Å². The molecule has 0 bridgehead atoms. The van der Waals surface area contributed by atoms with Crippen LogP contribution in [0, 0.1) is 0 Å². The number of carboxylic acid groups (broad SMARTS) is 1. The predicted molar refractivity (Wildman–Crippen MR) is 96.1 cm³/mol. The summed E-state index contributed by atoms with van der Waals surface area (Å²) in [7, 11) is -3.22. The number of unbranched alkanes of at least 4 members (excludes halogenated alkanes) is 1. The summed E-state index contributed by atoms with van der Waals surface area (Å²) in [5.41, 5.74) is 8.61.